The molecule has 1 amide bonds. The lowest BCUT2D eigenvalue weighted by Gasteiger charge is -2.20. The van der Waals surface area contributed by atoms with Gasteiger partial charge in [0.05, 0.1) is 0 Å². The molecule has 0 saturated heterocycles. The van der Waals surface area contributed by atoms with Crippen LogP contribution in [0.15, 0.2) is 24.3 Å². The van der Waals surface area contributed by atoms with Gasteiger partial charge in [-0.3, -0.25) is 0 Å². The highest BCUT2D eigenvalue weighted by Crippen LogP contribution is 2.11. The number of carbonyl (C=O) groups excluding carboxylic acids is 2. The van der Waals surface area contributed by atoms with Gasteiger partial charge in [-0.05, 0) is 51.3 Å². The van der Waals surface area contributed by atoms with Gasteiger partial charge in [-0.1, -0.05) is 12.1 Å². The van der Waals surface area contributed by atoms with Crippen molar-refractivity contribution in [1.82, 2.24) is 5.32 Å². The van der Waals surface area contributed by atoms with E-state index in [1.54, 1.807) is 26.8 Å². The Morgan fingerprint density at radius 1 is 1.43 bits per heavy atom. The van der Waals surface area contributed by atoms with Crippen molar-refractivity contribution >= 4 is 12.4 Å². The van der Waals surface area contributed by atoms with E-state index >= 15 is 0 Å². The van der Waals surface area contributed by atoms with Crippen LogP contribution in [0.1, 0.15) is 32.8 Å². The molecule has 0 aliphatic rings. The fourth-order valence-electron chi connectivity index (χ4n) is 1.79. The molecule has 0 aromatic heterocycles. The van der Waals surface area contributed by atoms with Gasteiger partial charge < -0.3 is 14.8 Å². The number of ether oxygens (including phenoxy) is 1. The molecule has 0 fully saturated rings. The molecule has 5 heteroatoms. The second-order valence-electron chi connectivity index (χ2n) is 5.95. The molecule has 1 aromatic rings. The first-order valence-electron chi connectivity index (χ1n) is 6.97. The first-order valence-corrected chi connectivity index (χ1v) is 6.97. The van der Waals surface area contributed by atoms with Crippen molar-refractivity contribution in [3.8, 4) is 0 Å². The van der Waals surface area contributed by atoms with Crippen molar-refractivity contribution in [2.45, 2.75) is 39.2 Å². The quantitative estimate of drug-likeness (QED) is 0.820. The number of amides is 1. The molecule has 4 nitrogen and oxygen atoms in total. The van der Waals surface area contributed by atoms with Crippen LogP contribution in [0.3, 0.4) is 0 Å². The minimum Gasteiger partial charge on any atom is -0.444 e. The monoisotopic (exact) mass is 295 g/mol. The summed E-state index contributed by atoms with van der Waals surface area (Å²) in [6, 6.07) is 6.28. The van der Waals surface area contributed by atoms with Crippen LogP contribution in [0.2, 0.25) is 0 Å². The predicted octanol–water partition coefficient (Wildman–Crippen LogP) is 3.10. The van der Waals surface area contributed by atoms with Crippen LogP contribution in [0, 0.1) is 11.7 Å². The smallest absolute Gasteiger partial charge is 0.407 e. The van der Waals surface area contributed by atoms with Gasteiger partial charge in [0.2, 0.25) is 0 Å². The first-order chi connectivity index (χ1) is 9.80. The summed E-state index contributed by atoms with van der Waals surface area (Å²) in [5, 5.41) is 2.57. The van der Waals surface area contributed by atoms with Gasteiger partial charge >= 0.3 is 6.09 Å². The SMILES string of the molecule is CC(C)(C)OC(=O)NCC(C=O)CCc1cccc(F)c1. The molecule has 1 N–H and O–H groups in total. The van der Waals surface area contributed by atoms with Gasteiger partial charge in [-0.25, -0.2) is 9.18 Å². The Bertz CT molecular complexity index is 483. The van der Waals surface area contributed by atoms with Crippen molar-refractivity contribution in [3.05, 3.63) is 35.6 Å². The largest absolute Gasteiger partial charge is 0.444 e. The topological polar surface area (TPSA) is 55.4 Å². The molecular weight excluding hydrogens is 273 g/mol. The second-order valence-corrected chi connectivity index (χ2v) is 5.95. The molecule has 0 aliphatic carbocycles. The summed E-state index contributed by atoms with van der Waals surface area (Å²) in [6.07, 6.45) is 1.39. The summed E-state index contributed by atoms with van der Waals surface area (Å²) in [7, 11) is 0. The summed E-state index contributed by atoms with van der Waals surface area (Å²) < 4.78 is 18.1. The third kappa shape index (κ3) is 7.44. The van der Waals surface area contributed by atoms with Crippen LogP contribution >= 0.6 is 0 Å². The van der Waals surface area contributed by atoms with Gasteiger partial charge in [-0.2, -0.15) is 0 Å². The zero-order valence-corrected chi connectivity index (χ0v) is 12.7. The molecular formula is C16H22FNO3. The maximum absolute atomic E-state index is 13.0. The van der Waals surface area contributed by atoms with Crippen molar-refractivity contribution in [2.75, 3.05) is 6.54 Å². The molecule has 1 aromatic carbocycles. The van der Waals surface area contributed by atoms with E-state index in [1.165, 1.54) is 12.1 Å². The molecule has 0 saturated carbocycles. The number of benzene rings is 1. The summed E-state index contributed by atoms with van der Waals surface area (Å²) in [6.45, 7) is 5.53. The number of rotatable bonds is 6. The number of hydrogen-bond acceptors (Lipinski definition) is 3. The lowest BCUT2D eigenvalue weighted by Crippen LogP contribution is -2.35. The lowest BCUT2D eigenvalue weighted by atomic mass is 10.0. The van der Waals surface area contributed by atoms with E-state index < -0.39 is 11.7 Å². The molecule has 1 unspecified atom stereocenters. The van der Waals surface area contributed by atoms with Crippen LogP contribution in [0.25, 0.3) is 0 Å². The standard InChI is InChI=1S/C16H22FNO3/c1-16(2,3)21-15(20)18-10-13(11-19)8-7-12-5-4-6-14(17)9-12/h4-6,9,11,13H,7-8,10H2,1-3H3,(H,18,20). The zero-order chi connectivity index (χ0) is 15.9. The van der Waals surface area contributed by atoms with E-state index in [1.807, 2.05) is 6.07 Å². The summed E-state index contributed by atoms with van der Waals surface area (Å²) >= 11 is 0. The number of aldehydes is 1. The highest BCUT2D eigenvalue weighted by molar-refractivity contribution is 5.68. The first kappa shape index (κ1) is 17.1. The van der Waals surface area contributed by atoms with Crippen molar-refractivity contribution in [3.63, 3.8) is 0 Å². The molecule has 0 aliphatic heterocycles. The number of alkyl carbamates (subject to hydrolysis) is 1. The van der Waals surface area contributed by atoms with Crippen LogP contribution < -0.4 is 5.32 Å². The van der Waals surface area contributed by atoms with Gasteiger partial charge in [-0.15, -0.1) is 0 Å². The fraction of sp³-hybridized carbons (Fsp3) is 0.500. The normalized spacial score (nSPS) is 12.6. The van der Waals surface area contributed by atoms with Crippen LogP contribution in [0.5, 0.6) is 0 Å². The molecule has 116 valence electrons. The van der Waals surface area contributed by atoms with E-state index in [0.717, 1.165) is 11.8 Å². The highest BCUT2D eigenvalue weighted by atomic mass is 19.1. The number of aryl methyl sites for hydroxylation is 1. The Labute approximate surface area is 124 Å². The molecule has 0 bridgehead atoms. The summed E-state index contributed by atoms with van der Waals surface area (Å²) in [5.74, 6) is -0.609. The van der Waals surface area contributed by atoms with Gasteiger partial charge in [0.25, 0.3) is 0 Å². The predicted molar refractivity (Wildman–Crippen MR) is 78.5 cm³/mol. The molecule has 0 spiro atoms. The van der Waals surface area contributed by atoms with E-state index in [-0.39, 0.29) is 18.3 Å². The molecule has 0 radical (unpaired) electrons. The van der Waals surface area contributed by atoms with E-state index in [2.05, 4.69) is 5.32 Å². The maximum Gasteiger partial charge on any atom is 0.407 e. The number of hydrogen-bond donors (Lipinski definition) is 1. The fourth-order valence-corrected chi connectivity index (χ4v) is 1.79. The Hall–Kier alpha value is -1.91. The second kappa shape index (κ2) is 7.76. The number of nitrogens with one attached hydrogen (secondary N) is 1. The lowest BCUT2D eigenvalue weighted by molar-refractivity contribution is -0.111. The minimum atomic E-state index is -0.567. The third-order valence-corrected chi connectivity index (χ3v) is 2.79. The molecule has 21 heavy (non-hydrogen) atoms. The Morgan fingerprint density at radius 2 is 2.14 bits per heavy atom. The van der Waals surface area contributed by atoms with E-state index in [4.69, 9.17) is 4.74 Å². The highest BCUT2D eigenvalue weighted by Gasteiger charge is 2.17. The van der Waals surface area contributed by atoms with Crippen molar-refractivity contribution in [2.24, 2.45) is 5.92 Å². The maximum atomic E-state index is 13.0. The van der Waals surface area contributed by atoms with E-state index in [9.17, 15) is 14.0 Å². The number of carbonyl (C=O) groups is 2. The molecule has 1 atom stereocenters. The van der Waals surface area contributed by atoms with Gasteiger partial charge in [0, 0.05) is 12.5 Å². The average molecular weight is 295 g/mol. The van der Waals surface area contributed by atoms with Gasteiger partial charge in [0.15, 0.2) is 0 Å². The third-order valence-electron chi connectivity index (χ3n) is 2.79. The average Bonchev–Trinajstić information content (AvgIpc) is 2.37. The summed E-state index contributed by atoms with van der Waals surface area (Å²) in [5.41, 5.74) is 0.265. The van der Waals surface area contributed by atoms with Crippen LogP contribution in [0.4, 0.5) is 9.18 Å². The molecule has 1 rings (SSSR count). The van der Waals surface area contributed by atoms with Crippen molar-refractivity contribution in [1.29, 1.82) is 0 Å². The van der Waals surface area contributed by atoms with Crippen molar-refractivity contribution < 1.29 is 18.7 Å². The van der Waals surface area contributed by atoms with Gasteiger partial charge in [0.1, 0.15) is 17.7 Å². The Kier molecular flexibility index (Phi) is 6.34. The van der Waals surface area contributed by atoms with Crippen LogP contribution in [-0.4, -0.2) is 24.5 Å². The molecule has 0 heterocycles. The van der Waals surface area contributed by atoms with Crippen LogP contribution in [-0.2, 0) is 16.0 Å². The number of halogens is 1. The summed E-state index contributed by atoms with van der Waals surface area (Å²) in [4.78, 5) is 22.5. The Balaban J connectivity index is 2.38. The minimum absolute atomic E-state index is 0.216. The zero-order valence-electron chi connectivity index (χ0n) is 12.7. The van der Waals surface area contributed by atoms with E-state index in [0.29, 0.717) is 12.8 Å². The Morgan fingerprint density at radius 3 is 2.71 bits per heavy atom.